The smallest absolute Gasteiger partial charge is 0.255 e. The van der Waals surface area contributed by atoms with Crippen molar-refractivity contribution in [3.63, 3.8) is 0 Å². The van der Waals surface area contributed by atoms with Gasteiger partial charge in [-0.25, -0.2) is 8.78 Å². The zero-order valence-corrected chi connectivity index (χ0v) is 10.5. The van der Waals surface area contributed by atoms with Gasteiger partial charge in [0.05, 0.1) is 5.69 Å². The summed E-state index contributed by atoms with van der Waals surface area (Å²) in [6, 6.07) is 8.92. The van der Waals surface area contributed by atoms with Crippen molar-refractivity contribution in [3.8, 4) is 0 Å². The normalized spacial score (nSPS) is 12.7. The third-order valence-corrected chi connectivity index (χ3v) is 3.28. The van der Waals surface area contributed by atoms with E-state index < -0.39 is 17.5 Å². The average molecular weight is 274 g/mol. The first kappa shape index (κ1) is 12.6. The molecule has 0 aliphatic carbocycles. The maximum absolute atomic E-state index is 13.5. The number of fused-ring (bicyclic) bond motifs is 1. The van der Waals surface area contributed by atoms with Gasteiger partial charge in [0.15, 0.2) is 11.6 Å². The number of anilines is 2. The molecule has 0 saturated heterocycles. The molecule has 2 aromatic carbocycles. The molecule has 0 atom stereocenters. The Morgan fingerprint density at radius 1 is 1.20 bits per heavy atom. The fraction of sp³-hybridized carbons (Fsp3) is 0.133. The number of carbonyl (C=O) groups is 1. The first-order valence-corrected chi connectivity index (χ1v) is 6.27. The lowest BCUT2D eigenvalue weighted by atomic mass is 10.1. The molecule has 1 aliphatic rings. The molecule has 0 spiro atoms. The highest BCUT2D eigenvalue weighted by molar-refractivity contribution is 6.04. The molecule has 0 unspecified atom stereocenters. The topological polar surface area (TPSA) is 41.1 Å². The van der Waals surface area contributed by atoms with E-state index in [1.165, 1.54) is 12.1 Å². The van der Waals surface area contributed by atoms with Gasteiger partial charge in [-0.05, 0) is 42.3 Å². The van der Waals surface area contributed by atoms with E-state index in [1.54, 1.807) is 12.1 Å². The second-order valence-electron chi connectivity index (χ2n) is 4.60. The SMILES string of the molecule is O=C(Nc1cccc(F)c1F)c1ccc2c(c1)CCN2. The number of nitrogens with one attached hydrogen (secondary N) is 2. The summed E-state index contributed by atoms with van der Waals surface area (Å²) in [6.45, 7) is 0.846. The molecule has 102 valence electrons. The predicted molar refractivity (Wildman–Crippen MR) is 72.9 cm³/mol. The lowest BCUT2D eigenvalue weighted by molar-refractivity contribution is 0.102. The van der Waals surface area contributed by atoms with Crippen LogP contribution in [0.25, 0.3) is 0 Å². The van der Waals surface area contributed by atoms with E-state index in [0.29, 0.717) is 5.56 Å². The molecule has 1 aliphatic heterocycles. The Labute approximate surface area is 114 Å². The number of amides is 1. The van der Waals surface area contributed by atoms with E-state index in [2.05, 4.69) is 10.6 Å². The van der Waals surface area contributed by atoms with Crippen molar-refractivity contribution in [2.45, 2.75) is 6.42 Å². The van der Waals surface area contributed by atoms with Crippen molar-refractivity contribution in [2.24, 2.45) is 0 Å². The summed E-state index contributed by atoms with van der Waals surface area (Å²) in [5.41, 5.74) is 2.33. The van der Waals surface area contributed by atoms with Crippen molar-refractivity contribution in [2.75, 3.05) is 17.2 Å². The van der Waals surface area contributed by atoms with E-state index in [1.807, 2.05) is 6.07 Å². The maximum atomic E-state index is 13.5. The van der Waals surface area contributed by atoms with Crippen LogP contribution in [0.5, 0.6) is 0 Å². The van der Waals surface area contributed by atoms with Crippen LogP contribution < -0.4 is 10.6 Å². The molecule has 2 N–H and O–H groups in total. The van der Waals surface area contributed by atoms with Crippen LogP contribution >= 0.6 is 0 Å². The summed E-state index contributed by atoms with van der Waals surface area (Å²) in [4.78, 5) is 12.1. The molecule has 3 rings (SSSR count). The Morgan fingerprint density at radius 2 is 2.05 bits per heavy atom. The van der Waals surface area contributed by atoms with Gasteiger partial charge in [0.2, 0.25) is 0 Å². The highest BCUT2D eigenvalue weighted by Gasteiger charge is 2.15. The fourth-order valence-electron chi connectivity index (χ4n) is 2.24. The number of hydrogen-bond acceptors (Lipinski definition) is 2. The molecule has 3 nitrogen and oxygen atoms in total. The number of hydrogen-bond donors (Lipinski definition) is 2. The van der Waals surface area contributed by atoms with Gasteiger partial charge in [0, 0.05) is 17.8 Å². The molecule has 5 heteroatoms. The molecular weight excluding hydrogens is 262 g/mol. The Balaban J connectivity index is 1.84. The monoisotopic (exact) mass is 274 g/mol. The van der Waals surface area contributed by atoms with Crippen LogP contribution in [0, 0.1) is 11.6 Å². The van der Waals surface area contributed by atoms with E-state index in [9.17, 15) is 13.6 Å². The second kappa shape index (κ2) is 4.92. The molecular formula is C15H12F2N2O. The molecule has 0 fully saturated rings. The van der Waals surface area contributed by atoms with Gasteiger partial charge >= 0.3 is 0 Å². The van der Waals surface area contributed by atoms with E-state index in [-0.39, 0.29) is 5.69 Å². The van der Waals surface area contributed by atoms with Crippen molar-refractivity contribution < 1.29 is 13.6 Å². The zero-order chi connectivity index (χ0) is 14.1. The predicted octanol–water partition coefficient (Wildman–Crippen LogP) is 3.19. The van der Waals surface area contributed by atoms with Crippen molar-refractivity contribution in [1.29, 1.82) is 0 Å². The van der Waals surface area contributed by atoms with Gasteiger partial charge in [-0.3, -0.25) is 4.79 Å². The van der Waals surface area contributed by atoms with Crippen molar-refractivity contribution in [3.05, 3.63) is 59.2 Å². The van der Waals surface area contributed by atoms with Crippen LogP contribution in [0.4, 0.5) is 20.2 Å². The standard InChI is InChI=1S/C15H12F2N2O/c16-11-2-1-3-13(14(11)17)19-15(20)10-4-5-12-9(8-10)6-7-18-12/h1-5,8,18H,6-7H2,(H,19,20). The van der Waals surface area contributed by atoms with Crippen LogP contribution in [0.1, 0.15) is 15.9 Å². The summed E-state index contributed by atoms with van der Waals surface area (Å²) in [6.07, 6.45) is 0.852. The maximum Gasteiger partial charge on any atom is 0.255 e. The van der Waals surface area contributed by atoms with Crippen molar-refractivity contribution in [1.82, 2.24) is 0 Å². The van der Waals surface area contributed by atoms with Gasteiger partial charge in [-0.15, -0.1) is 0 Å². The minimum Gasteiger partial charge on any atom is -0.384 e. The summed E-state index contributed by atoms with van der Waals surface area (Å²) >= 11 is 0. The number of carbonyl (C=O) groups excluding carboxylic acids is 1. The molecule has 0 saturated carbocycles. The molecule has 0 bridgehead atoms. The van der Waals surface area contributed by atoms with Gasteiger partial charge in [-0.1, -0.05) is 6.07 Å². The summed E-state index contributed by atoms with van der Waals surface area (Å²) in [5, 5.41) is 5.58. The van der Waals surface area contributed by atoms with E-state index in [0.717, 1.165) is 30.3 Å². The number of halogens is 2. The lowest BCUT2D eigenvalue weighted by Crippen LogP contribution is -2.13. The van der Waals surface area contributed by atoms with Crippen LogP contribution in [-0.4, -0.2) is 12.5 Å². The van der Waals surface area contributed by atoms with E-state index >= 15 is 0 Å². The molecule has 2 aromatic rings. The minimum atomic E-state index is -1.05. The Morgan fingerprint density at radius 3 is 2.90 bits per heavy atom. The summed E-state index contributed by atoms with van der Waals surface area (Å²) in [5.74, 6) is -2.49. The first-order valence-electron chi connectivity index (χ1n) is 6.27. The van der Waals surface area contributed by atoms with Crippen LogP contribution in [-0.2, 0) is 6.42 Å². The molecule has 20 heavy (non-hydrogen) atoms. The molecule has 1 heterocycles. The van der Waals surface area contributed by atoms with Crippen molar-refractivity contribution >= 4 is 17.3 Å². The third-order valence-electron chi connectivity index (χ3n) is 3.28. The second-order valence-corrected chi connectivity index (χ2v) is 4.60. The van der Waals surface area contributed by atoms with Gasteiger partial charge in [0.25, 0.3) is 5.91 Å². The Bertz CT molecular complexity index is 686. The van der Waals surface area contributed by atoms with Crippen LogP contribution in [0.15, 0.2) is 36.4 Å². The van der Waals surface area contributed by atoms with Gasteiger partial charge in [-0.2, -0.15) is 0 Å². The molecule has 0 radical (unpaired) electrons. The lowest BCUT2D eigenvalue weighted by Gasteiger charge is -2.08. The van der Waals surface area contributed by atoms with Crippen LogP contribution in [0.3, 0.4) is 0 Å². The van der Waals surface area contributed by atoms with Gasteiger partial charge < -0.3 is 10.6 Å². The van der Waals surface area contributed by atoms with Gasteiger partial charge in [0.1, 0.15) is 0 Å². The Kier molecular flexibility index (Phi) is 3.10. The third kappa shape index (κ3) is 2.22. The average Bonchev–Trinajstić information content (AvgIpc) is 2.91. The number of benzene rings is 2. The molecule has 1 amide bonds. The first-order chi connectivity index (χ1) is 9.65. The number of rotatable bonds is 2. The largest absolute Gasteiger partial charge is 0.384 e. The minimum absolute atomic E-state index is 0.159. The summed E-state index contributed by atoms with van der Waals surface area (Å²) in [7, 11) is 0. The quantitative estimate of drug-likeness (QED) is 0.883. The summed E-state index contributed by atoms with van der Waals surface area (Å²) < 4.78 is 26.6. The highest BCUT2D eigenvalue weighted by Crippen LogP contribution is 2.24. The Hall–Kier alpha value is -2.43. The highest BCUT2D eigenvalue weighted by atomic mass is 19.2. The van der Waals surface area contributed by atoms with E-state index in [4.69, 9.17) is 0 Å². The fourth-order valence-corrected chi connectivity index (χ4v) is 2.24. The van der Waals surface area contributed by atoms with Crippen LogP contribution in [0.2, 0.25) is 0 Å². The molecule has 0 aromatic heterocycles. The zero-order valence-electron chi connectivity index (χ0n) is 10.5.